The second kappa shape index (κ2) is 14.8. The predicted octanol–water partition coefficient (Wildman–Crippen LogP) is 9.23. The smallest absolute Gasteiger partial charge is 0.0415 e. The van der Waals surface area contributed by atoms with Crippen molar-refractivity contribution in [3.8, 4) is 22.4 Å². The first-order chi connectivity index (χ1) is 18.6. The van der Waals surface area contributed by atoms with Gasteiger partial charge >= 0.3 is 0 Å². The summed E-state index contributed by atoms with van der Waals surface area (Å²) in [7, 11) is 0. The molecule has 3 nitrogen and oxygen atoms in total. The van der Waals surface area contributed by atoms with Crippen molar-refractivity contribution in [1.29, 1.82) is 0 Å². The summed E-state index contributed by atoms with van der Waals surface area (Å²) in [6, 6.07) is 32.7. The number of benzene rings is 3. The summed E-state index contributed by atoms with van der Waals surface area (Å²) in [5.74, 6) is 0. The van der Waals surface area contributed by atoms with Crippen LogP contribution < -0.4 is 4.90 Å². The largest absolute Gasteiger partial charge is 0.814 e. The molecule has 0 N–H and O–H groups in total. The van der Waals surface area contributed by atoms with Gasteiger partial charge in [-0.2, -0.15) is 6.58 Å². The predicted molar refractivity (Wildman–Crippen MR) is 162 cm³/mol. The zero-order valence-corrected chi connectivity index (χ0v) is 24.2. The van der Waals surface area contributed by atoms with Crippen LogP contribution in [0.2, 0.25) is 0 Å². The third-order valence-corrected chi connectivity index (χ3v) is 6.07. The quantitative estimate of drug-likeness (QED) is 0.110. The van der Waals surface area contributed by atoms with Crippen molar-refractivity contribution in [3.63, 3.8) is 0 Å². The molecule has 198 valence electrons. The molecule has 4 aromatic rings. The summed E-state index contributed by atoms with van der Waals surface area (Å²) in [5, 5.41) is 7.44. The Morgan fingerprint density at radius 2 is 1.64 bits per heavy atom. The number of anilines is 2. The average molecular weight is 688 g/mol. The van der Waals surface area contributed by atoms with Gasteiger partial charge in [0.2, 0.25) is 0 Å². The second-order valence-corrected chi connectivity index (χ2v) is 8.65. The monoisotopic (exact) mass is 687 g/mol. The molecule has 0 unspecified atom stereocenters. The minimum atomic E-state index is 0. The van der Waals surface area contributed by atoms with Crippen molar-refractivity contribution in [2.75, 3.05) is 4.90 Å². The first-order valence-corrected chi connectivity index (χ1v) is 12.6. The molecule has 0 atom stereocenters. The first-order valence-electron chi connectivity index (χ1n) is 12.6. The molecule has 0 amide bonds. The zero-order valence-electron chi connectivity index (χ0n) is 22.0. The van der Waals surface area contributed by atoms with Gasteiger partial charge in [0, 0.05) is 32.9 Å². The number of nitrogens with zero attached hydrogens (tertiary/aromatic N) is 3. The van der Waals surface area contributed by atoms with Crippen molar-refractivity contribution in [1.82, 2.24) is 4.98 Å². The van der Waals surface area contributed by atoms with Crippen LogP contribution in [0.3, 0.4) is 0 Å². The maximum absolute atomic E-state index is 7.44. The van der Waals surface area contributed by atoms with Gasteiger partial charge in [0.1, 0.15) is 0 Å². The van der Waals surface area contributed by atoms with Crippen molar-refractivity contribution < 1.29 is 21.1 Å². The van der Waals surface area contributed by atoms with E-state index in [1.807, 2.05) is 35.4 Å². The molecule has 0 bridgehead atoms. The number of aromatic nitrogens is 1. The summed E-state index contributed by atoms with van der Waals surface area (Å²) in [5.41, 5.74) is 8.98. The molecule has 0 saturated carbocycles. The number of hydrogen-bond donors (Lipinski definition) is 0. The van der Waals surface area contributed by atoms with E-state index < -0.39 is 0 Å². The number of rotatable bonds is 7. The summed E-state index contributed by atoms with van der Waals surface area (Å²) >= 11 is 0. The van der Waals surface area contributed by atoms with Crippen LogP contribution in [0.25, 0.3) is 33.4 Å². The Balaban J connectivity index is 0.00000101. The van der Waals surface area contributed by atoms with Gasteiger partial charge in [-0.05, 0) is 59.1 Å². The van der Waals surface area contributed by atoms with Crippen molar-refractivity contribution in [2.24, 2.45) is 0 Å². The Morgan fingerprint density at radius 1 is 0.949 bits per heavy atom. The molecule has 39 heavy (non-hydrogen) atoms. The fourth-order valence-corrected chi connectivity index (χ4v) is 4.28. The second-order valence-electron chi connectivity index (χ2n) is 8.65. The van der Waals surface area contributed by atoms with Gasteiger partial charge in [0.15, 0.2) is 0 Å². The van der Waals surface area contributed by atoms with Gasteiger partial charge in [0.05, 0.1) is 0 Å². The van der Waals surface area contributed by atoms with Crippen molar-refractivity contribution in [3.05, 3.63) is 151 Å². The van der Waals surface area contributed by atoms with E-state index in [2.05, 4.69) is 109 Å². The Hall–Kier alpha value is -4.07. The third kappa shape index (κ3) is 7.50. The van der Waals surface area contributed by atoms with E-state index in [-0.39, 0.29) is 21.1 Å². The minimum Gasteiger partial charge on any atom is -0.814 e. The Morgan fingerprint density at radius 3 is 2.26 bits per heavy atom. The molecule has 1 aliphatic carbocycles. The average Bonchev–Trinajstić information content (AvgIpc) is 2.99. The summed E-state index contributed by atoms with van der Waals surface area (Å²) in [4.78, 5) is 6.63. The fraction of sp³-hybridized carbons (Fsp3) is 0.0857. The molecule has 0 saturated heterocycles. The van der Waals surface area contributed by atoms with E-state index in [9.17, 15) is 0 Å². The molecule has 1 aromatic heterocycles. The van der Waals surface area contributed by atoms with Gasteiger partial charge in [-0.25, -0.2) is 18.9 Å². The van der Waals surface area contributed by atoms with Gasteiger partial charge in [-0.15, -0.1) is 29.5 Å². The molecular weight excluding hydrogens is 657 g/mol. The SMILES string of the molecule is C=[C-]C(=C)N(c1[c-]c(-c2ccccn2)cc(C2=CCCC=C2)c1)c1ccc(-c2ccccc2)cc1.CC=[N-].[Pt]. The summed E-state index contributed by atoms with van der Waals surface area (Å²) in [6.07, 6.45) is 14.6. The Kier molecular flexibility index (Phi) is 11.2. The Labute approximate surface area is 246 Å². The molecule has 0 spiro atoms. The standard InChI is InChI=1S/C33H26N2.C2H4N.Pt/c1-3-25(2)35(31-19-17-28(18-20-31)26-12-6-4-7-13-26)32-23-29(27-14-8-5-9-15-27)22-30(24-32)33-16-10-11-21-34-33;1-2-3;/h4,6-8,10-23H,1-2,5,9H2;2H,1H3;/q-2;-1;. The molecule has 0 aliphatic heterocycles. The Bertz CT molecular complexity index is 1450. The van der Waals surface area contributed by atoms with Crippen LogP contribution in [0.1, 0.15) is 25.3 Å². The molecule has 0 radical (unpaired) electrons. The summed E-state index contributed by atoms with van der Waals surface area (Å²) < 4.78 is 0. The van der Waals surface area contributed by atoms with Crippen molar-refractivity contribution >= 4 is 23.2 Å². The zero-order chi connectivity index (χ0) is 26.7. The van der Waals surface area contributed by atoms with E-state index >= 15 is 0 Å². The number of allylic oxidation sites excluding steroid dienone is 5. The van der Waals surface area contributed by atoms with E-state index in [0.29, 0.717) is 5.70 Å². The van der Waals surface area contributed by atoms with Crippen LogP contribution in [0.5, 0.6) is 0 Å². The van der Waals surface area contributed by atoms with E-state index in [4.69, 9.17) is 5.41 Å². The van der Waals surface area contributed by atoms with Crippen LogP contribution in [0.15, 0.2) is 128 Å². The van der Waals surface area contributed by atoms with E-state index in [0.717, 1.165) is 52.8 Å². The van der Waals surface area contributed by atoms with Gasteiger partial charge in [0.25, 0.3) is 0 Å². The molecule has 1 aliphatic rings. The molecule has 1 heterocycles. The fourth-order valence-electron chi connectivity index (χ4n) is 4.28. The molecule has 0 fully saturated rings. The molecular formula is C35H30N3Pt-3. The van der Waals surface area contributed by atoms with Crippen LogP contribution in [-0.4, -0.2) is 11.2 Å². The van der Waals surface area contributed by atoms with Gasteiger partial charge < -0.3 is 15.3 Å². The maximum atomic E-state index is 7.44. The van der Waals surface area contributed by atoms with E-state index in [1.165, 1.54) is 11.1 Å². The minimum absolute atomic E-state index is 0. The number of hydrogen-bond acceptors (Lipinski definition) is 2. The van der Waals surface area contributed by atoms with Crippen molar-refractivity contribution in [2.45, 2.75) is 19.8 Å². The first kappa shape index (κ1) is 29.5. The normalized spacial score (nSPS) is 11.7. The topological polar surface area (TPSA) is 38.4 Å². The van der Waals surface area contributed by atoms with Gasteiger partial charge in [-0.1, -0.05) is 85.3 Å². The molecule has 3 aromatic carbocycles. The third-order valence-electron chi connectivity index (χ3n) is 6.07. The molecule has 5 rings (SSSR count). The van der Waals surface area contributed by atoms with Crippen LogP contribution in [-0.2, 0) is 21.1 Å². The van der Waals surface area contributed by atoms with E-state index in [1.54, 1.807) is 6.92 Å². The van der Waals surface area contributed by atoms with Crippen LogP contribution >= 0.6 is 0 Å². The summed E-state index contributed by atoms with van der Waals surface area (Å²) in [6.45, 7) is 9.67. The molecule has 4 heteroatoms. The van der Waals surface area contributed by atoms with Crippen LogP contribution in [0, 0.1) is 12.1 Å². The van der Waals surface area contributed by atoms with Crippen LogP contribution in [0.4, 0.5) is 11.4 Å². The maximum Gasteiger partial charge on any atom is 0.0415 e. The van der Waals surface area contributed by atoms with Gasteiger partial charge in [-0.3, -0.25) is 0 Å². The number of pyridine rings is 1.